The molecule has 1 aliphatic heterocycles. The summed E-state index contributed by atoms with van der Waals surface area (Å²) in [6.07, 6.45) is 9.18. The molecule has 3 aromatic heterocycles. The average Bonchev–Trinajstić information content (AvgIpc) is 3.37. The van der Waals surface area contributed by atoms with Crippen molar-refractivity contribution in [1.82, 2.24) is 29.9 Å². The first kappa shape index (κ1) is 23.8. The van der Waals surface area contributed by atoms with Gasteiger partial charge in [-0.1, -0.05) is 0 Å². The maximum absolute atomic E-state index is 11.8. The van der Waals surface area contributed by atoms with Crippen LogP contribution in [0.5, 0.6) is 5.75 Å². The maximum Gasteiger partial charge on any atom is 0.341 e. The number of esters is 1. The van der Waals surface area contributed by atoms with E-state index in [1.54, 1.807) is 36.2 Å². The van der Waals surface area contributed by atoms with Crippen LogP contribution in [-0.4, -0.2) is 62.0 Å². The SMILES string of the molecule is CCOC(=O)c1cnc(N2CCC(n3ncc(COc4ccc(N(N)/C=N\N)nc4)n3)CC2)nc1. The van der Waals surface area contributed by atoms with Gasteiger partial charge in [-0.05, 0) is 31.9 Å². The zero-order valence-corrected chi connectivity index (χ0v) is 19.3. The molecule has 184 valence electrons. The number of rotatable bonds is 9. The van der Waals surface area contributed by atoms with Crippen LogP contribution in [0.25, 0.3) is 0 Å². The lowest BCUT2D eigenvalue weighted by Crippen LogP contribution is -2.36. The second-order valence-corrected chi connectivity index (χ2v) is 7.68. The Balaban J connectivity index is 1.26. The second kappa shape index (κ2) is 11.2. The highest BCUT2D eigenvalue weighted by Gasteiger charge is 2.24. The lowest BCUT2D eigenvalue weighted by atomic mass is 10.1. The van der Waals surface area contributed by atoms with Crippen molar-refractivity contribution in [2.45, 2.75) is 32.4 Å². The summed E-state index contributed by atoms with van der Waals surface area (Å²) in [5, 5.41) is 13.5. The molecule has 0 radical (unpaired) electrons. The van der Waals surface area contributed by atoms with Gasteiger partial charge < -0.3 is 20.2 Å². The number of hydrazine groups is 1. The standard InChI is InChI=1S/C21H27N11O3/c1-2-34-20(33)15-9-25-21(26-10-15)30-7-5-17(6-8-30)32-28-11-16(29-32)13-35-18-3-4-19(24-12-18)31(23)14-27-22/h3-4,9-12,14,17H,2,5-8,13,22-23H2,1H3/b27-14-. The number of ether oxygens (including phenoxy) is 2. The van der Waals surface area contributed by atoms with E-state index < -0.39 is 5.97 Å². The third-order valence-electron chi connectivity index (χ3n) is 5.34. The predicted molar refractivity (Wildman–Crippen MR) is 126 cm³/mol. The molecule has 0 aromatic carbocycles. The molecule has 4 N–H and O–H groups in total. The third-order valence-corrected chi connectivity index (χ3v) is 5.34. The molecule has 0 atom stereocenters. The normalized spacial score (nSPS) is 14.3. The molecule has 0 spiro atoms. The van der Waals surface area contributed by atoms with Crippen molar-refractivity contribution in [1.29, 1.82) is 0 Å². The van der Waals surface area contributed by atoms with Crippen molar-refractivity contribution in [2.24, 2.45) is 16.8 Å². The highest BCUT2D eigenvalue weighted by atomic mass is 16.5. The van der Waals surface area contributed by atoms with E-state index in [-0.39, 0.29) is 12.6 Å². The van der Waals surface area contributed by atoms with Gasteiger partial charge in [0.1, 0.15) is 30.2 Å². The van der Waals surface area contributed by atoms with Crippen LogP contribution in [0, 0.1) is 0 Å². The number of hydrogen-bond donors (Lipinski definition) is 2. The number of piperidine rings is 1. The minimum absolute atomic E-state index is 0.166. The number of aromatic nitrogens is 6. The number of pyridine rings is 1. The molecule has 0 unspecified atom stereocenters. The van der Waals surface area contributed by atoms with Gasteiger partial charge in [-0.15, -0.1) is 0 Å². The van der Waals surface area contributed by atoms with Crippen molar-refractivity contribution in [3.63, 3.8) is 0 Å². The highest BCUT2D eigenvalue weighted by Crippen LogP contribution is 2.24. The first-order chi connectivity index (χ1) is 17.1. The first-order valence-electron chi connectivity index (χ1n) is 11.1. The van der Waals surface area contributed by atoms with Gasteiger partial charge in [0.25, 0.3) is 0 Å². The monoisotopic (exact) mass is 481 g/mol. The van der Waals surface area contributed by atoms with E-state index in [0.29, 0.717) is 35.4 Å². The number of nitrogens with zero attached hydrogens (tertiary/aromatic N) is 9. The minimum atomic E-state index is -0.421. The zero-order valence-electron chi connectivity index (χ0n) is 19.3. The van der Waals surface area contributed by atoms with E-state index in [1.165, 1.54) is 23.7 Å². The summed E-state index contributed by atoms with van der Waals surface area (Å²) in [4.78, 5) is 28.4. The Morgan fingerprint density at radius 3 is 2.63 bits per heavy atom. The van der Waals surface area contributed by atoms with Gasteiger partial charge in [0.05, 0.1) is 30.6 Å². The van der Waals surface area contributed by atoms with Gasteiger partial charge in [0, 0.05) is 25.5 Å². The Morgan fingerprint density at radius 2 is 1.97 bits per heavy atom. The molecule has 0 bridgehead atoms. The van der Waals surface area contributed by atoms with Crippen LogP contribution < -0.4 is 26.3 Å². The first-order valence-corrected chi connectivity index (χ1v) is 11.1. The van der Waals surface area contributed by atoms with Crippen LogP contribution in [0.15, 0.2) is 42.0 Å². The van der Waals surface area contributed by atoms with Gasteiger partial charge in [-0.25, -0.2) is 30.6 Å². The lowest BCUT2D eigenvalue weighted by molar-refractivity contribution is 0.0525. The molecular formula is C21H27N11O3. The van der Waals surface area contributed by atoms with Crippen molar-refractivity contribution in [3.8, 4) is 5.75 Å². The number of hydrogen-bond acceptors (Lipinski definition) is 12. The van der Waals surface area contributed by atoms with Crippen LogP contribution in [-0.2, 0) is 11.3 Å². The molecule has 14 heteroatoms. The van der Waals surface area contributed by atoms with Crippen molar-refractivity contribution in [2.75, 3.05) is 29.6 Å². The fourth-order valence-corrected chi connectivity index (χ4v) is 3.55. The molecule has 35 heavy (non-hydrogen) atoms. The molecule has 14 nitrogen and oxygen atoms in total. The van der Waals surface area contributed by atoms with Gasteiger partial charge in [-0.3, -0.25) is 0 Å². The molecule has 4 heterocycles. The number of nitrogens with two attached hydrogens (primary N) is 2. The Hall–Kier alpha value is -4.33. The largest absolute Gasteiger partial charge is 0.486 e. The summed E-state index contributed by atoms with van der Waals surface area (Å²) >= 11 is 0. The smallest absolute Gasteiger partial charge is 0.341 e. The van der Waals surface area contributed by atoms with Gasteiger partial charge in [0.2, 0.25) is 5.95 Å². The Labute approximate surface area is 201 Å². The molecular weight excluding hydrogens is 454 g/mol. The summed E-state index contributed by atoms with van der Waals surface area (Å²) in [7, 11) is 0. The minimum Gasteiger partial charge on any atom is -0.486 e. The Bertz CT molecular complexity index is 1130. The molecule has 0 amide bonds. The molecule has 0 saturated carbocycles. The summed E-state index contributed by atoms with van der Waals surface area (Å²) in [5.74, 6) is 12.0. The van der Waals surface area contributed by atoms with Crippen LogP contribution in [0.2, 0.25) is 0 Å². The molecule has 1 aliphatic rings. The number of carbonyl (C=O) groups excluding carboxylic acids is 1. The topological polar surface area (TPSA) is 176 Å². The molecule has 3 aromatic rings. The highest BCUT2D eigenvalue weighted by molar-refractivity contribution is 5.88. The number of carbonyl (C=O) groups is 1. The molecule has 1 fully saturated rings. The van der Waals surface area contributed by atoms with Crippen molar-refractivity contribution < 1.29 is 14.3 Å². The van der Waals surface area contributed by atoms with Crippen molar-refractivity contribution >= 4 is 24.1 Å². The van der Waals surface area contributed by atoms with Crippen LogP contribution in [0.4, 0.5) is 11.8 Å². The Morgan fingerprint density at radius 1 is 1.20 bits per heavy atom. The second-order valence-electron chi connectivity index (χ2n) is 7.68. The molecule has 1 saturated heterocycles. The maximum atomic E-state index is 11.8. The lowest BCUT2D eigenvalue weighted by Gasteiger charge is -2.31. The van der Waals surface area contributed by atoms with E-state index in [0.717, 1.165) is 25.9 Å². The summed E-state index contributed by atoms with van der Waals surface area (Å²) in [5.41, 5.74) is 1.06. The summed E-state index contributed by atoms with van der Waals surface area (Å²) in [6, 6.07) is 3.60. The van der Waals surface area contributed by atoms with E-state index in [9.17, 15) is 4.79 Å². The van der Waals surface area contributed by atoms with Gasteiger partial charge in [-0.2, -0.15) is 20.1 Å². The molecule has 4 rings (SSSR count). The van der Waals surface area contributed by atoms with Gasteiger partial charge >= 0.3 is 5.97 Å². The fraction of sp³-hybridized carbons (Fsp3) is 0.381. The quantitative estimate of drug-likeness (QED) is 0.144. The fourth-order valence-electron chi connectivity index (χ4n) is 3.55. The van der Waals surface area contributed by atoms with Crippen LogP contribution in [0.3, 0.4) is 0 Å². The number of hydrazone groups is 1. The average molecular weight is 482 g/mol. The van der Waals surface area contributed by atoms with Crippen LogP contribution in [0.1, 0.15) is 41.9 Å². The predicted octanol–water partition coefficient (Wildman–Crippen LogP) is 0.642. The summed E-state index contributed by atoms with van der Waals surface area (Å²) in [6.45, 7) is 3.84. The van der Waals surface area contributed by atoms with E-state index in [4.69, 9.17) is 21.2 Å². The van der Waals surface area contributed by atoms with Crippen molar-refractivity contribution in [3.05, 3.63) is 48.2 Å². The van der Waals surface area contributed by atoms with Crippen LogP contribution >= 0.6 is 0 Å². The van der Waals surface area contributed by atoms with E-state index >= 15 is 0 Å². The molecule has 0 aliphatic carbocycles. The number of anilines is 2. The Kier molecular flexibility index (Phi) is 7.62. The van der Waals surface area contributed by atoms with Gasteiger partial charge in [0.15, 0.2) is 0 Å². The van der Waals surface area contributed by atoms with E-state index in [1.807, 2.05) is 0 Å². The third kappa shape index (κ3) is 5.97. The summed E-state index contributed by atoms with van der Waals surface area (Å²) < 4.78 is 10.7. The zero-order chi connectivity index (χ0) is 24.6. The van der Waals surface area contributed by atoms with E-state index in [2.05, 4.69) is 35.2 Å².